The second kappa shape index (κ2) is 4.19. The van der Waals surface area contributed by atoms with Gasteiger partial charge < -0.3 is 4.52 Å². The summed E-state index contributed by atoms with van der Waals surface area (Å²) in [5.41, 5.74) is 0.382. The van der Waals surface area contributed by atoms with E-state index in [2.05, 4.69) is 5.16 Å². The highest BCUT2D eigenvalue weighted by atomic mass is 16.5. The van der Waals surface area contributed by atoms with Crippen molar-refractivity contribution in [2.75, 3.05) is 0 Å². The molecule has 0 aliphatic heterocycles. The van der Waals surface area contributed by atoms with E-state index in [9.17, 15) is 9.59 Å². The van der Waals surface area contributed by atoms with Crippen LogP contribution < -0.4 is 11.2 Å². The van der Waals surface area contributed by atoms with E-state index in [0.717, 1.165) is 31.4 Å². The van der Waals surface area contributed by atoms with Crippen molar-refractivity contribution < 1.29 is 4.52 Å². The van der Waals surface area contributed by atoms with Gasteiger partial charge >= 0.3 is 5.69 Å². The minimum Gasteiger partial charge on any atom is -0.359 e. The minimum absolute atomic E-state index is 0.158. The fourth-order valence-corrected chi connectivity index (χ4v) is 2.44. The van der Waals surface area contributed by atoms with Crippen LogP contribution in [0.5, 0.6) is 0 Å². The van der Waals surface area contributed by atoms with E-state index in [1.807, 2.05) is 6.07 Å². The monoisotopic (exact) mass is 273 g/mol. The number of rotatable bonds is 4. The Labute approximate surface area is 114 Å². The van der Waals surface area contributed by atoms with Crippen LogP contribution in [0.4, 0.5) is 0 Å². The molecule has 0 amide bonds. The number of hydrogen-bond acceptors (Lipinski definition) is 4. The first-order valence-electron chi connectivity index (χ1n) is 7.00. The Morgan fingerprint density at radius 1 is 1.25 bits per heavy atom. The molecule has 2 aliphatic carbocycles. The Morgan fingerprint density at radius 2 is 2.05 bits per heavy atom. The van der Waals surface area contributed by atoms with E-state index >= 15 is 0 Å². The summed E-state index contributed by atoms with van der Waals surface area (Å²) in [7, 11) is 0. The van der Waals surface area contributed by atoms with Crippen LogP contribution in [0.15, 0.2) is 32.4 Å². The van der Waals surface area contributed by atoms with E-state index < -0.39 is 0 Å². The average Bonchev–Trinajstić information content (AvgIpc) is 3.34. The van der Waals surface area contributed by atoms with Crippen LogP contribution in [0, 0.1) is 0 Å². The zero-order chi connectivity index (χ0) is 13.7. The van der Waals surface area contributed by atoms with Gasteiger partial charge in [0, 0.05) is 30.3 Å². The van der Waals surface area contributed by atoms with Crippen LogP contribution in [0.1, 0.15) is 49.1 Å². The average molecular weight is 273 g/mol. The fourth-order valence-electron chi connectivity index (χ4n) is 2.44. The van der Waals surface area contributed by atoms with Gasteiger partial charge in [-0.05, 0) is 25.7 Å². The molecule has 6 nitrogen and oxygen atoms in total. The van der Waals surface area contributed by atoms with Crippen molar-refractivity contribution in [1.82, 2.24) is 14.3 Å². The number of aromatic nitrogens is 3. The summed E-state index contributed by atoms with van der Waals surface area (Å²) < 4.78 is 8.09. The molecule has 2 fully saturated rings. The van der Waals surface area contributed by atoms with Crippen molar-refractivity contribution in [3.63, 3.8) is 0 Å². The minimum atomic E-state index is -0.295. The highest BCUT2D eigenvalue weighted by Gasteiger charge is 2.28. The Balaban J connectivity index is 1.68. The molecule has 0 aromatic carbocycles. The predicted octanol–water partition coefficient (Wildman–Crippen LogP) is 1.26. The van der Waals surface area contributed by atoms with Crippen molar-refractivity contribution in [3.8, 4) is 0 Å². The largest absolute Gasteiger partial charge is 0.359 e. The van der Waals surface area contributed by atoms with Gasteiger partial charge in [-0.25, -0.2) is 4.79 Å². The smallest absolute Gasteiger partial charge is 0.331 e. The molecule has 0 atom stereocenters. The van der Waals surface area contributed by atoms with Crippen LogP contribution in [0.3, 0.4) is 0 Å². The molecular formula is C14H15N3O3. The SMILES string of the molecule is O=c1ccn(C2CC2)c(=O)n1Cc1cc(C2CC2)no1. The molecule has 2 heterocycles. The summed E-state index contributed by atoms with van der Waals surface area (Å²) in [5, 5.41) is 4.00. The van der Waals surface area contributed by atoms with Gasteiger partial charge in [-0.1, -0.05) is 5.16 Å². The normalized spacial score (nSPS) is 18.4. The summed E-state index contributed by atoms with van der Waals surface area (Å²) in [6.07, 6.45) is 5.89. The first-order chi connectivity index (χ1) is 9.72. The Hall–Kier alpha value is -2.11. The molecule has 0 radical (unpaired) electrons. The van der Waals surface area contributed by atoms with E-state index in [0.29, 0.717) is 11.7 Å². The Morgan fingerprint density at radius 3 is 2.75 bits per heavy atom. The predicted molar refractivity (Wildman–Crippen MR) is 70.8 cm³/mol. The van der Waals surface area contributed by atoms with Crippen molar-refractivity contribution in [1.29, 1.82) is 0 Å². The topological polar surface area (TPSA) is 70.0 Å². The molecule has 2 saturated carbocycles. The first-order valence-corrected chi connectivity index (χ1v) is 7.00. The summed E-state index contributed by atoms with van der Waals surface area (Å²) >= 11 is 0. The van der Waals surface area contributed by atoms with Crippen LogP contribution in [-0.2, 0) is 6.54 Å². The van der Waals surface area contributed by atoms with Crippen molar-refractivity contribution in [2.24, 2.45) is 0 Å². The summed E-state index contributed by atoms with van der Waals surface area (Å²) in [5.74, 6) is 1.07. The van der Waals surface area contributed by atoms with Gasteiger partial charge in [-0.15, -0.1) is 0 Å². The molecule has 104 valence electrons. The second-order valence-corrected chi connectivity index (χ2v) is 5.65. The maximum atomic E-state index is 12.3. The third-order valence-corrected chi connectivity index (χ3v) is 3.92. The Bertz CT molecular complexity index is 762. The molecule has 0 spiro atoms. The summed E-state index contributed by atoms with van der Waals surface area (Å²) in [6, 6.07) is 3.56. The third-order valence-electron chi connectivity index (χ3n) is 3.92. The number of nitrogens with zero attached hydrogens (tertiary/aromatic N) is 3. The molecule has 0 bridgehead atoms. The summed E-state index contributed by atoms with van der Waals surface area (Å²) in [4.78, 5) is 24.2. The van der Waals surface area contributed by atoms with Gasteiger partial charge in [0.15, 0.2) is 5.76 Å². The van der Waals surface area contributed by atoms with E-state index in [-0.39, 0.29) is 23.8 Å². The molecule has 2 aromatic rings. The second-order valence-electron chi connectivity index (χ2n) is 5.65. The van der Waals surface area contributed by atoms with Gasteiger partial charge in [0.1, 0.15) is 0 Å². The molecule has 0 saturated heterocycles. The first kappa shape index (κ1) is 11.7. The van der Waals surface area contributed by atoms with Crippen molar-refractivity contribution >= 4 is 0 Å². The molecular weight excluding hydrogens is 258 g/mol. The zero-order valence-electron chi connectivity index (χ0n) is 11.0. The lowest BCUT2D eigenvalue weighted by atomic mass is 10.3. The van der Waals surface area contributed by atoms with Crippen LogP contribution in [0.2, 0.25) is 0 Å². The van der Waals surface area contributed by atoms with Gasteiger partial charge in [0.25, 0.3) is 5.56 Å². The third kappa shape index (κ3) is 2.01. The molecule has 6 heteroatoms. The summed E-state index contributed by atoms with van der Waals surface area (Å²) in [6.45, 7) is 0.158. The molecule has 4 rings (SSSR count). The molecule has 20 heavy (non-hydrogen) atoms. The highest BCUT2D eigenvalue weighted by molar-refractivity contribution is 5.15. The van der Waals surface area contributed by atoms with Crippen LogP contribution in [0.25, 0.3) is 0 Å². The lowest BCUT2D eigenvalue weighted by molar-refractivity contribution is 0.366. The number of hydrogen-bond donors (Lipinski definition) is 0. The quantitative estimate of drug-likeness (QED) is 0.840. The van der Waals surface area contributed by atoms with Gasteiger partial charge in [0.2, 0.25) is 0 Å². The van der Waals surface area contributed by atoms with E-state index in [4.69, 9.17) is 4.52 Å². The van der Waals surface area contributed by atoms with Gasteiger partial charge in [-0.3, -0.25) is 13.9 Å². The highest BCUT2D eigenvalue weighted by Crippen LogP contribution is 2.39. The lowest BCUT2D eigenvalue weighted by Crippen LogP contribution is -2.38. The molecule has 2 aromatic heterocycles. The molecule has 2 aliphatic rings. The van der Waals surface area contributed by atoms with Crippen LogP contribution >= 0.6 is 0 Å². The Kier molecular flexibility index (Phi) is 2.45. The standard InChI is InChI=1S/C14H15N3O3/c18-13-5-6-16(10-3-4-10)14(19)17(13)8-11-7-12(15-20-11)9-1-2-9/h5-7,9-10H,1-4,8H2. The maximum absolute atomic E-state index is 12.3. The van der Waals surface area contributed by atoms with E-state index in [1.54, 1.807) is 10.8 Å². The van der Waals surface area contributed by atoms with Crippen LogP contribution in [-0.4, -0.2) is 14.3 Å². The van der Waals surface area contributed by atoms with Gasteiger partial charge in [-0.2, -0.15) is 0 Å². The van der Waals surface area contributed by atoms with Gasteiger partial charge in [0.05, 0.1) is 12.2 Å². The van der Waals surface area contributed by atoms with E-state index in [1.165, 1.54) is 10.6 Å². The zero-order valence-corrected chi connectivity index (χ0v) is 11.0. The fraction of sp³-hybridized carbons (Fsp3) is 0.500. The van der Waals surface area contributed by atoms with Crippen molar-refractivity contribution in [2.45, 2.75) is 44.2 Å². The lowest BCUT2D eigenvalue weighted by Gasteiger charge is -2.06. The molecule has 0 unspecified atom stereocenters. The van der Waals surface area contributed by atoms with Crippen molar-refractivity contribution in [3.05, 3.63) is 50.6 Å². The molecule has 0 N–H and O–H groups in total. The maximum Gasteiger partial charge on any atom is 0.331 e.